The van der Waals surface area contributed by atoms with Gasteiger partial charge in [0.2, 0.25) is 11.8 Å². The minimum atomic E-state index is -4.41. The van der Waals surface area contributed by atoms with E-state index in [1.165, 1.54) is 17.0 Å². The van der Waals surface area contributed by atoms with Crippen LogP contribution >= 0.6 is 0 Å². The number of hydrogen-bond donors (Lipinski definition) is 1. The topological polar surface area (TPSA) is 49.4 Å². The van der Waals surface area contributed by atoms with E-state index in [2.05, 4.69) is 5.32 Å². The summed E-state index contributed by atoms with van der Waals surface area (Å²) in [6.07, 6.45) is -3.63. The third-order valence-electron chi connectivity index (χ3n) is 3.69. The Morgan fingerprint density at radius 3 is 2.77 bits per heavy atom. The molecule has 1 N–H and O–H groups in total. The molecule has 1 heterocycles. The van der Waals surface area contributed by atoms with Gasteiger partial charge < -0.3 is 10.2 Å². The van der Waals surface area contributed by atoms with Crippen LogP contribution in [0.25, 0.3) is 0 Å². The molecule has 0 unspecified atom stereocenters. The van der Waals surface area contributed by atoms with Crippen LogP contribution < -0.4 is 5.32 Å². The van der Waals surface area contributed by atoms with Gasteiger partial charge in [-0.05, 0) is 31.0 Å². The number of amides is 2. The first-order chi connectivity index (χ1) is 10.3. The van der Waals surface area contributed by atoms with Crippen LogP contribution in [0.15, 0.2) is 24.3 Å². The maximum atomic E-state index is 12.6. The molecule has 4 nitrogen and oxygen atoms in total. The van der Waals surface area contributed by atoms with Crippen molar-refractivity contribution < 1.29 is 22.8 Å². The summed E-state index contributed by atoms with van der Waals surface area (Å²) in [5, 5.41) is 2.60. The van der Waals surface area contributed by atoms with Crippen LogP contribution in [0.1, 0.15) is 30.9 Å². The molecular formula is C15H17F3N2O2. The quantitative estimate of drug-likeness (QED) is 0.927. The van der Waals surface area contributed by atoms with Crippen LogP contribution in [-0.4, -0.2) is 29.3 Å². The number of likely N-dealkylation sites (N-methyl/N-ethyl adjacent to an activating group) is 1. The maximum absolute atomic E-state index is 12.6. The van der Waals surface area contributed by atoms with Crippen LogP contribution in [0.5, 0.6) is 0 Å². The van der Waals surface area contributed by atoms with E-state index in [-0.39, 0.29) is 18.4 Å². The van der Waals surface area contributed by atoms with Gasteiger partial charge in [0.05, 0.1) is 5.56 Å². The fourth-order valence-corrected chi connectivity index (χ4v) is 2.57. The van der Waals surface area contributed by atoms with E-state index in [9.17, 15) is 22.8 Å². The molecule has 22 heavy (non-hydrogen) atoms. The van der Waals surface area contributed by atoms with Crippen LogP contribution in [0, 0.1) is 0 Å². The minimum absolute atomic E-state index is 0.00496. The molecule has 2 amide bonds. The minimum Gasteiger partial charge on any atom is -0.350 e. The second-order valence-corrected chi connectivity index (χ2v) is 5.15. The van der Waals surface area contributed by atoms with E-state index in [4.69, 9.17) is 0 Å². The van der Waals surface area contributed by atoms with Gasteiger partial charge in [0, 0.05) is 19.5 Å². The Morgan fingerprint density at radius 1 is 1.41 bits per heavy atom. The van der Waals surface area contributed by atoms with Crippen LogP contribution in [0.3, 0.4) is 0 Å². The molecule has 0 radical (unpaired) electrons. The highest BCUT2D eigenvalue weighted by Gasteiger charge is 2.34. The van der Waals surface area contributed by atoms with Crippen molar-refractivity contribution in [2.45, 2.75) is 38.5 Å². The highest BCUT2D eigenvalue weighted by Crippen LogP contribution is 2.29. The number of rotatable bonds is 4. The lowest BCUT2D eigenvalue weighted by atomic mass is 10.1. The summed E-state index contributed by atoms with van der Waals surface area (Å²) in [7, 11) is 0. The lowest BCUT2D eigenvalue weighted by Gasteiger charge is -2.22. The first kappa shape index (κ1) is 16.3. The molecule has 0 aliphatic carbocycles. The Kier molecular flexibility index (Phi) is 4.73. The molecule has 0 aromatic heterocycles. The zero-order valence-electron chi connectivity index (χ0n) is 12.1. The van der Waals surface area contributed by atoms with E-state index in [0.29, 0.717) is 24.9 Å². The molecule has 1 atom stereocenters. The van der Waals surface area contributed by atoms with E-state index in [1.807, 2.05) is 0 Å². The van der Waals surface area contributed by atoms with Gasteiger partial charge in [0.1, 0.15) is 6.04 Å². The molecule has 1 fully saturated rings. The number of alkyl halides is 3. The lowest BCUT2D eigenvalue weighted by Crippen LogP contribution is -2.44. The predicted molar refractivity (Wildman–Crippen MR) is 73.7 cm³/mol. The van der Waals surface area contributed by atoms with Gasteiger partial charge in [0.25, 0.3) is 0 Å². The Bertz CT molecular complexity index is 572. The van der Waals surface area contributed by atoms with Crippen molar-refractivity contribution in [3.63, 3.8) is 0 Å². The van der Waals surface area contributed by atoms with Gasteiger partial charge in [0.15, 0.2) is 0 Å². The fourth-order valence-electron chi connectivity index (χ4n) is 2.57. The Morgan fingerprint density at radius 2 is 2.14 bits per heavy atom. The van der Waals surface area contributed by atoms with Crippen molar-refractivity contribution in [3.05, 3.63) is 35.4 Å². The molecule has 1 aromatic rings. The van der Waals surface area contributed by atoms with Crippen LogP contribution in [0.4, 0.5) is 13.2 Å². The van der Waals surface area contributed by atoms with Crippen molar-refractivity contribution in [1.82, 2.24) is 10.2 Å². The van der Waals surface area contributed by atoms with Crippen molar-refractivity contribution in [2.75, 3.05) is 6.54 Å². The van der Waals surface area contributed by atoms with Crippen molar-refractivity contribution in [1.29, 1.82) is 0 Å². The van der Waals surface area contributed by atoms with Gasteiger partial charge in [-0.3, -0.25) is 9.59 Å². The fraction of sp³-hybridized carbons (Fsp3) is 0.467. The summed E-state index contributed by atoms with van der Waals surface area (Å²) < 4.78 is 37.9. The van der Waals surface area contributed by atoms with E-state index in [0.717, 1.165) is 12.1 Å². The van der Waals surface area contributed by atoms with E-state index in [1.54, 1.807) is 6.92 Å². The van der Waals surface area contributed by atoms with Crippen molar-refractivity contribution >= 4 is 11.8 Å². The standard InChI is InChI=1S/C15H17F3N2O2/c1-2-20-12(6-7-13(20)21)14(22)19-9-10-4-3-5-11(8-10)15(16,17)18/h3-5,8,12H,2,6-7,9H2,1H3,(H,19,22)/t12-/m0/s1. The van der Waals surface area contributed by atoms with E-state index < -0.39 is 17.8 Å². The number of likely N-dealkylation sites (tertiary alicyclic amines) is 1. The highest BCUT2D eigenvalue weighted by atomic mass is 19.4. The predicted octanol–water partition coefficient (Wildman–Crippen LogP) is 2.33. The molecule has 7 heteroatoms. The van der Waals surface area contributed by atoms with Crippen molar-refractivity contribution in [2.24, 2.45) is 0 Å². The number of nitrogens with zero attached hydrogens (tertiary/aromatic N) is 1. The summed E-state index contributed by atoms with van der Waals surface area (Å²) in [5.74, 6) is -0.396. The Labute approximate surface area is 126 Å². The molecule has 1 aromatic carbocycles. The second-order valence-electron chi connectivity index (χ2n) is 5.15. The third kappa shape index (κ3) is 3.58. The average molecular weight is 314 g/mol. The van der Waals surface area contributed by atoms with E-state index >= 15 is 0 Å². The Balaban J connectivity index is 1.98. The zero-order valence-corrected chi connectivity index (χ0v) is 12.1. The molecule has 120 valence electrons. The summed E-state index contributed by atoms with van der Waals surface area (Å²) in [4.78, 5) is 25.1. The largest absolute Gasteiger partial charge is 0.416 e. The van der Waals surface area contributed by atoms with Crippen molar-refractivity contribution in [3.8, 4) is 0 Å². The number of nitrogens with one attached hydrogen (secondary N) is 1. The average Bonchev–Trinajstić information content (AvgIpc) is 2.85. The number of benzene rings is 1. The molecular weight excluding hydrogens is 297 g/mol. The second kappa shape index (κ2) is 6.37. The molecule has 0 saturated carbocycles. The molecule has 1 saturated heterocycles. The van der Waals surface area contributed by atoms with Gasteiger partial charge in [-0.1, -0.05) is 12.1 Å². The number of carbonyl (C=O) groups is 2. The number of halogens is 3. The van der Waals surface area contributed by atoms with Gasteiger partial charge in [-0.2, -0.15) is 13.2 Å². The van der Waals surface area contributed by atoms with Crippen LogP contribution in [0.2, 0.25) is 0 Å². The summed E-state index contributed by atoms with van der Waals surface area (Å²) in [6, 6.07) is 4.30. The maximum Gasteiger partial charge on any atom is 0.416 e. The first-order valence-electron chi connectivity index (χ1n) is 7.06. The number of hydrogen-bond acceptors (Lipinski definition) is 2. The molecule has 1 aliphatic heterocycles. The Hall–Kier alpha value is -2.05. The summed E-state index contributed by atoms with van der Waals surface area (Å²) >= 11 is 0. The number of carbonyl (C=O) groups excluding carboxylic acids is 2. The normalized spacial score (nSPS) is 18.6. The summed E-state index contributed by atoms with van der Waals surface area (Å²) in [6.45, 7) is 2.24. The SMILES string of the molecule is CCN1C(=O)CC[C@H]1C(=O)NCc1cccc(C(F)(F)F)c1. The van der Waals surface area contributed by atoms with Crippen LogP contribution in [-0.2, 0) is 22.3 Å². The van der Waals surface area contributed by atoms with Gasteiger partial charge >= 0.3 is 6.18 Å². The monoisotopic (exact) mass is 314 g/mol. The molecule has 1 aliphatic rings. The highest BCUT2D eigenvalue weighted by molar-refractivity contribution is 5.90. The van der Waals surface area contributed by atoms with Gasteiger partial charge in [-0.25, -0.2) is 0 Å². The zero-order chi connectivity index (χ0) is 16.3. The molecule has 2 rings (SSSR count). The molecule has 0 spiro atoms. The molecule has 0 bridgehead atoms. The summed E-state index contributed by atoms with van der Waals surface area (Å²) in [5.41, 5.74) is -0.374. The van der Waals surface area contributed by atoms with Gasteiger partial charge in [-0.15, -0.1) is 0 Å². The third-order valence-corrected chi connectivity index (χ3v) is 3.69. The first-order valence-corrected chi connectivity index (χ1v) is 7.06. The smallest absolute Gasteiger partial charge is 0.350 e. The lowest BCUT2D eigenvalue weighted by molar-refractivity contribution is -0.137.